The minimum atomic E-state index is -0.656. The van der Waals surface area contributed by atoms with Crippen molar-refractivity contribution in [1.29, 1.82) is 0 Å². The summed E-state index contributed by atoms with van der Waals surface area (Å²) in [5, 5.41) is 2.74. The zero-order chi connectivity index (χ0) is 14.6. The molecule has 0 saturated carbocycles. The molecule has 104 valence electrons. The lowest BCUT2D eigenvalue weighted by Gasteiger charge is -2.16. The van der Waals surface area contributed by atoms with Crippen molar-refractivity contribution in [1.82, 2.24) is 0 Å². The van der Waals surface area contributed by atoms with Crippen LogP contribution in [0.1, 0.15) is 19.4 Å². The van der Waals surface area contributed by atoms with Crippen molar-refractivity contribution in [3.05, 3.63) is 28.0 Å². The second-order valence-electron chi connectivity index (χ2n) is 3.77. The maximum Gasteiger partial charge on any atom is 0.328 e. The van der Waals surface area contributed by atoms with E-state index in [4.69, 9.17) is 22.7 Å². The Balaban J connectivity index is 2.95. The Kier molecular flexibility index (Phi) is 5.68. The lowest BCUT2D eigenvalue weighted by molar-refractivity contribution is -0.143. The van der Waals surface area contributed by atoms with Crippen molar-refractivity contribution in [3.8, 4) is 0 Å². The molecule has 0 saturated heterocycles. The van der Waals surface area contributed by atoms with E-state index in [0.29, 0.717) is 5.56 Å². The van der Waals surface area contributed by atoms with Gasteiger partial charge in [-0.15, -0.1) is 0 Å². The first-order chi connectivity index (χ1) is 8.88. The molecule has 0 amide bonds. The van der Waals surface area contributed by atoms with Crippen LogP contribution in [-0.2, 0) is 9.53 Å². The molecule has 1 atom stereocenters. The summed E-state index contributed by atoms with van der Waals surface area (Å²) < 4.78 is 19.1. The zero-order valence-corrected chi connectivity index (χ0v) is 12.9. The van der Waals surface area contributed by atoms with Gasteiger partial charge in [-0.2, -0.15) is 0 Å². The zero-order valence-electron chi connectivity index (χ0n) is 10.5. The lowest BCUT2D eigenvalue weighted by Crippen LogP contribution is -2.28. The molecule has 1 aromatic carbocycles. The van der Waals surface area contributed by atoms with Crippen LogP contribution in [0.3, 0.4) is 0 Å². The van der Waals surface area contributed by atoms with Crippen molar-refractivity contribution in [2.24, 2.45) is 5.73 Å². The van der Waals surface area contributed by atoms with E-state index in [9.17, 15) is 9.18 Å². The summed E-state index contributed by atoms with van der Waals surface area (Å²) in [6.07, 6.45) is 0. The smallest absolute Gasteiger partial charge is 0.328 e. The molecular weight excluding hydrogens is 335 g/mol. The number of halogens is 2. The number of benzene rings is 1. The molecule has 0 heterocycles. The highest BCUT2D eigenvalue weighted by molar-refractivity contribution is 9.10. The number of nitrogens with two attached hydrogens (primary N) is 1. The number of hydrogen-bond donors (Lipinski definition) is 2. The molecule has 1 unspecified atom stereocenters. The summed E-state index contributed by atoms with van der Waals surface area (Å²) in [7, 11) is 0. The van der Waals surface area contributed by atoms with Crippen molar-refractivity contribution in [2.45, 2.75) is 19.9 Å². The fraction of sp³-hybridized carbons (Fsp3) is 0.333. The Morgan fingerprint density at radius 2 is 2.26 bits per heavy atom. The van der Waals surface area contributed by atoms with E-state index in [-0.39, 0.29) is 21.8 Å². The number of carbonyl (C=O) groups excluding carboxylic acids is 1. The van der Waals surface area contributed by atoms with Crippen LogP contribution in [0, 0.1) is 5.82 Å². The quantitative estimate of drug-likeness (QED) is 0.632. The maximum absolute atomic E-state index is 14.1. The van der Waals surface area contributed by atoms with E-state index in [1.807, 2.05) is 0 Å². The van der Waals surface area contributed by atoms with E-state index >= 15 is 0 Å². The normalized spacial score (nSPS) is 11.8. The molecule has 19 heavy (non-hydrogen) atoms. The Bertz CT molecular complexity index is 511. The first-order valence-corrected chi connectivity index (χ1v) is 6.79. The molecule has 0 aliphatic heterocycles. The van der Waals surface area contributed by atoms with Crippen LogP contribution in [-0.4, -0.2) is 23.6 Å². The number of anilines is 1. The minimum Gasteiger partial charge on any atom is -0.464 e. The summed E-state index contributed by atoms with van der Waals surface area (Å²) in [6.45, 7) is 3.57. The summed E-state index contributed by atoms with van der Waals surface area (Å²) in [4.78, 5) is 11.6. The molecule has 3 N–H and O–H groups in total. The minimum absolute atomic E-state index is 0.0933. The molecule has 0 fully saturated rings. The number of rotatable bonds is 5. The van der Waals surface area contributed by atoms with Gasteiger partial charge in [-0.25, -0.2) is 9.18 Å². The second-order valence-corrected chi connectivity index (χ2v) is 5.00. The van der Waals surface area contributed by atoms with Crippen LogP contribution in [0.2, 0.25) is 0 Å². The maximum atomic E-state index is 14.1. The van der Waals surface area contributed by atoms with Crippen molar-refractivity contribution in [3.63, 3.8) is 0 Å². The Morgan fingerprint density at radius 1 is 1.63 bits per heavy atom. The van der Waals surface area contributed by atoms with E-state index in [1.165, 1.54) is 6.07 Å². The number of nitrogens with one attached hydrogen (secondary N) is 1. The third-order valence-electron chi connectivity index (χ3n) is 2.36. The SMILES string of the molecule is CCOC(=O)C(C)Nc1ccc(C(N)=S)c(Br)c1F. The van der Waals surface area contributed by atoms with E-state index < -0.39 is 17.8 Å². The van der Waals surface area contributed by atoms with Crippen LogP contribution in [0.4, 0.5) is 10.1 Å². The van der Waals surface area contributed by atoms with E-state index in [0.717, 1.165) is 0 Å². The van der Waals surface area contributed by atoms with Crippen molar-refractivity contribution in [2.75, 3.05) is 11.9 Å². The standard InChI is InChI=1S/C12H14BrFN2O2S/c1-3-18-12(17)6(2)16-8-5-4-7(11(15)19)9(13)10(8)14/h4-6,16H,3H2,1-2H3,(H2,15,19). The summed E-state index contributed by atoms with van der Waals surface area (Å²) in [5.74, 6) is -1.00. The summed E-state index contributed by atoms with van der Waals surface area (Å²) >= 11 is 7.89. The van der Waals surface area contributed by atoms with Gasteiger partial charge in [0.15, 0.2) is 5.82 Å². The number of carbonyl (C=O) groups is 1. The Hall–Kier alpha value is -1.21. The molecule has 1 aromatic rings. The fourth-order valence-corrected chi connectivity index (χ4v) is 2.27. The van der Waals surface area contributed by atoms with Gasteiger partial charge in [-0.05, 0) is 41.9 Å². The highest BCUT2D eigenvalue weighted by Gasteiger charge is 2.18. The van der Waals surface area contributed by atoms with Gasteiger partial charge < -0.3 is 15.8 Å². The van der Waals surface area contributed by atoms with Gasteiger partial charge in [0, 0.05) is 5.56 Å². The van der Waals surface area contributed by atoms with Gasteiger partial charge in [-0.1, -0.05) is 12.2 Å². The highest BCUT2D eigenvalue weighted by atomic mass is 79.9. The van der Waals surface area contributed by atoms with Gasteiger partial charge in [0.05, 0.1) is 16.8 Å². The summed E-state index contributed by atoms with van der Waals surface area (Å²) in [6, 6.07) is 2.40. The van der Waals surface area contributed by atoms with Crippen molar-refractivity contribution < 1.29 is 13.9 Å². The molecule has 0 aromatic heterocycles. The average molecular weight is 349 g/mol. The third-order valence-corrected chi connectivity index (χ3v) is 3.36. The molecule has 0 bridgehead atoms. The van der Waals surface area contributed by atoms with Gasteiger partial charge in [-0.3, -0.25) is 0 Å². The van der Waals surface area contributed by atoms with Gasteiger partial charge in [0.2, 0.25) is 0 Å². The van der Waals surface area contributed by atoms with Crippen LogP contribution in [0.15, 0.2) is 16.6 Å². The number of thiocarbonyl (C=S) groups is 1. The van der Waals surface area contributed by atoms with Crippen molar-refractivity contribution >= 4 is 44.8 Å². The van der Waals surface area contributed by atoms with Crippen LogP contribution in [0.5, 0.6) is 0 Å². The molecule has 0 aliphatic rings. The number of hydrogen-bond acceptors (Lipinski definition) is 4. The predicted molar refractivity (Wildman–Crippen MR) is 79.7 cm³/mol. The number of ether oxygens (including phenoxy) is 1. The van der Waals surface area contributed by atoms with Crippen LogP contribution >= 0.6 is 28.1 Å². The van der Waals surface area contributed by atoms with Gasteiger partial charge in [0.25, 0.3) is 0 Å². The van der Waals surface area contributed by atoms with Crippen LogP contribution in [0.25, 0.3) is 0 Å². The predicted octanol–water partition coefficient (Wildman–Crippen LogP) is 2.59. The van der Waals surface area contributed by atoms with E-state index in [2.05, 4.69) is 21.2 Å². The Morgan fingerprint density at radius 3 is 2.79 bits per heavy atom. The first-order valence-electron chi connectivity index (χ1n) is 5.59. The van der Waals surface area contributed by atoms with Crippen LogP contribution < -0.4 is 11.1 Å². The topological polar surface area (TPSA) is 64.3 Å². The molecule has 7 heteroatoms. The summed E-state index contributed by atoms with van der Waals surface area (Å²) in [5.41, 5.74) is 6.04. The molecule has 0 aliphatic carbocycles. The molecule has 0 spiro atoms. The molecule has 4 nitrogen and oxygen atoms in total. The fourth-order valence-electron chi connectivity index (χ4n) is 1.41. The first kappa shape index (κ1) is 15.8. The molecule has 0 radical (unpaired) electrons. The van der Waals surface area contributed by atoms with Gasteiger partial charge >= 0.3 is 5.97 Å². The molecular formula is C12H14BrFN2O2S. The number of esters is 1. The average Bonchev–Trinajstić information content (AvgIpc) is 2.34. The van der Waals surface area contributed by atoms with E-state index in [1.54, 1.807) is 19.9 Å². The monoisotopic (exact) mass is 348 g/mol. The molecule has 1 rings (SSSR count). The second kappa shape index (κ2) is 6.81. The Labute approximate surface area is 124 Å². The van der Waals surface area contributed by atoms with Gasteiger partial charge in [0.1, 0.15) is 11.0 Å². The third kappa shape index (κ3) is 3.87. The largest absolute Gasteiger partial charge is 0.464 e. The highest BCUT2D eigenvalue weighted by Crippen LogP contribution is 2.27. The lowest BCUT2D eigenvalue weighted by atomic mass is 10.2.